The topological polar surface area (TPSA) is 58.0 Å². The molecule has 140 valence electrons. The molecule has 1 unspecified atom stereocenters. The summed E-state index contributed by atoms with van der Waals surface area (Å²) in [6.45, 7) is 1.93. The van der Waals surface area contributed by atoms with Crippen molar-refractivity contribution in [2.24, 2.45) is 0 Å². The summed E-state index contributed by atoms with van der Waals surface area (Å²) >= 11 is 12.6. The molecule has 2 heterocycles. The Hall–Kier alpha value is -2.82. The van der Waals surface area contributed by atoms with Crippen molar-refractivity contribution in [2.75, 3.05) is 5.32 Å². The van der Waals surface area contributed by atoms with E-state index in [4.69, 9.17) is 23.2 Å². The highest BCUT2D eigenvalue weighted by Crippen LogP contribution is 2.39. The monoisotopic (exact) mass is 409 g/mol. The minimum Gasteiger partial charge on any atom is -0.505 e. The van der Waals surface area contributed by atoms with E-state index < -0.39 is 6.04 Å². The van der Waals surface area contributed by atoms with Gasteiger partial charge in [0.2, 0.25) is 0 Å². The van der Waals surface area contributed by atoms with Crippen LogP contribution in [0.2, 0.25) is 10.0 Å². The summed E-state index contributed by atoms with van der Waals surface area (Å²) in [5.74, 6) is 0.113. The number of nitrogens with one attached hydrogen (secondary N) is 1. The zero-order valence-corrected chi connectivity index (χ0v) is 16.5. The Balaban J connectivity index is 1.87. The van der Waals surface area contributed by atoms with Gasteiger partial charge in [-0.05, 0) is 42.8 Å². The number of phenolic OH excluding ortho intramolecular Hbond substituents is 1. The number of benzene rings is 2. The van der Waals surface area contributed by atoms with Gasteiger partial charge in [0.25, 0.3) is 0 Å². The Kier molecular flexibility index (Phi) is 5.07. The minimum atomic E-state index is -0.416. The lowest BCUT2D eigenvalue weighted by Gasteiger charge is -2.23. The Morgan fingerprint density at radius 2 is 1.79 bits per heavy atom. The highest BCUT2D eigenvalue weighted by molar-refractivity contribution is 6.35. The van der Waals surface area contributed by atoms with Gasteiger partial charge < -0.3 is 10.4 Å². The van der Waals surface area contributed by atoms with Crippen LogP contribution >= 0.6 is 23.2 Å². The number of aryl methyl sites for hydroxylation is 1. The van der Waals surface area contributed by atoms with Crippen molar-refractivity contribution < 1.29 is 5.11 Å². The van der Waals surface area contributed by atoms with E-state index in [2.05, 4.69) is 15.3 Å². The molecule has 0 amide bonds. The SMILES string of the molecule is Cc1ccc(NC(c2ccc(Cl)cc2Cl)c2ccc3cccnc3c2O)cn1. The molecule has 2 N–H and O–H groups in total. The average molecular weight is 410 g/mol. The molecule has 0 radical (unpaired) electrons. The molecule has 0 fully saturated rings. The highest BCUT2D eigenvalue weighted by Gasteiger charge is 2.22. The summed E-state index contributed by atoms with van der Waals surface area (Å²) in [5.41, 5.74) is 3.72. The van der Waals surface area contributed by atoms with Crippen LogP contribution in [0.3, 0.4) is 0 Å². The van der Waals surface area contributed by atoms with Gasteiger partial charge in [-0.2, -0.15) is 0 Å². The first-order valence-corrected chi connectivity index (χ1v) is 9.49. The lowest BCUT2D eigenvalue weighted by molar-refractivity contribution is 0.472. The fourth-order valence-electron chi connectivity index (χ4n) is 3.16. The van der Waals surface area contributed by atoms with Crippen LogP contribution in [0.1, 0.15) is 22.9 Å². The van der Waals surface area contributed by atoms with Gasteiger partial charge in [-0.3, -0.25) is 9.97 Å². The second kappa shape index (κ2) is 7.66. The van der Waals surface area contributed by atoms with E-state index in [0.717, 1.165) is 22.3 Å². The number of halogens is 2. The number of fused-ring (bicyclic) bond motifs is 1. The number of aromatic hydroxyl groups is 1. The van der Waals surface area contributed by atoms with E-state index in [1.165, 1.54) is 0 Å². The lowest BCUT2D eigenvalue weighted by Crippen LogP contribution is -2.13. The Labute approximate surface area is 172 Å². The molecule has 28 heavy (non-hydrogen) atoms. The third kappa shape index (κ3) is 3.61. The van der Waals surface area contributed by atoms with Crippen molar-refractivity contribution in [2.45, 2.75) is 13.0 Å². The normalized spacial score (nSPS) is 12.1. The van der Waals surface area contributed by atoms with Gasteiger partial charge in [0.15, 0.2) is 0 Å². The molecule has 4 nitrogen and oxygen atoms in total. The third-order valence-corrected chi connectivity index (χ3v) is 5.15. The fraction of sp³-hybridized carbons (Fsp3) is 0.0909. The first-order chi connectivity index (χ1) is 13.5. The summed E-state index contributed by atoms with van der Waals surface area (Å²) in [6, 6.07) is 16.3. The van der Waals surface area contributed by atoms with Gasteiger partial charge in [0.05, 0.1) is 17.9 Å². The molecule has 1 atom stereocenters. The molecular formula is C22H17Cl2N3O. The van der Waals surface area contributed by atoms with Crippen molar-refractivity contribution in [3.05, 3.63) is 93.9 Å². The van der Waals surface area contributed by atoms with Crippen LogP contribution < -0.4 is 5.32 Å². The van der Waals surface area contributed by atoms with Crippen molar-refractivity contribution in [3.63, 3.8) is 0 Å². The standard InChI is InChI=1S/C22H17Cl2N3O/c1-13-4-7-16(12-26-13)27-21(17-9-6-15(23)11-19(17)24)18-8-5-14-3-2-10-25-20(14)22(18)28/h2-12,21,27-28H,1H3. The van der Waals surface area contributed by atoms with Gasteiger partial charge in [0, 0.05) is 32.9 Å². The molecule has 0 aliphatic rings. The van der Waals surface area contributed by atoms with E-state index in [1.807, 2.05) is 49.4 Å². The number of hydrogen-bond acceptors (Lipinski definition) is 4. The van der Waals surface area contributed by atoms with Crippen molar-refractivity contribution in [1.82, 2.24) is 9.97 Å². The van der Waals surface area contributed by atoms with Crippen LogP contribution in [0.5, 0.6) is 5.75 Å². The molecule has 2 aromatic heterocycles. The van der Waals surface area contributed by atoms with Crippen molar-refractivity contribution in [1.29, 1.82) is 0 Å². The molecular weight excluding hydrogens is 393 g/mol. The van der Waals surface area contributed by atoms with Crippen LogP contribution in [-0.2, 0) is 0 Å². The molecule has 2 aromatic carbocycles. The molecule has 0 spiro atoms. The largest absolute Gasteiger partial charge is 0.505 e. The molecule has 4 rings (SSSR count). The second-order valence-corrected chi connectivity index (χ2v) is 7.35. The molecule has 4 aromatic rings. The summed E-state index contributed by atoms with van der Waals surface area (Å²) in [4.78, 5) is 8.67. The van der Waals surface area contributed by atoms with E-state index in [9.17, 15) is 5.11 Å². The quantitative estimate of drug-likeness (QED) is 0.424. The summed E-state index contributed by atoms with van der Waals surface area (Å²) in [7, 11) is 0. The first-order valence-electron chi connectivity index (χ1n) is 8.73. The van der Waals surface area contributed by atoms with Crippen LogP contribution in [0.4, 0.5) is 5.69 Å². The number of aromatic nitrogens is 2. The Morgan fingerprint density at radius 1 is 0.964 bits per heavy atom. The lowest BCUT2D eigenvalue weighted by atomic mass is 9.96. The molecule has 0 saturated carbocycles. The van der Waals surface area contributed by atoms with E-state index in [0.29, 0.717) is 21.1 Å². The van der Waals surface area contributed by atoms with Crippen LogP contribution in [0, 0.1) is 6.92 Å². The second-order valence-electron chi connectivity index (χ2n) is 6.51. The molecule has 0 bridgehead atoms. The maximum atomic E-state index is 11.0. The smallest absolute Gasteiger partial charge is 0.147 e. The van der Waals surface area contributed by atoms with Gasteiger partial charge in [-0.1, -0.05) is 47.5 Å². The number of phenols is 1. The first kappa shape index (κ1) is 18.5. The molecule has 0 aliphatic heterocycles. The van der Waals surface area contributed by atoms with Crippen molar-refractivity contribution in [3.8, 4) is 5.75 Å². The van der Waals surface area contributed by atoms with E-state index >= 15 is 0 Å². The number of pyridine rings is 2. The van der Waals surface area contributed by atoms with E-state index in [-0.39, 0.29) is 5.75 Å². The zero-order valence-electron chi connectivity index (χ0n) is 15.0. The predicted octanol–water partition coefficient (Wildman–Crippen LogP) is 6.15. The highest BCUT2D eigenvalue weighted by atomic mass is 35.5. The number of rotatable bonds is 4. The number of anilines is 1. The molecule has 6 heteroatoms. The van der Waals surface area contributed by atoms with Crippen LogP contribution in [-0.4, -0.2) is 15.1 Å². The maximum Gasteiger partial charge on any atom is 0.147 e. The van der Waals surface area contributed by atoms with Crippen LogP contribution in [0.25, 0.3) is 10.9 Å². The Bertz CT molecular complexity index is 1150. The molecule has 0 aliphatic carbocycles. The maximum absolute atomic E-state index is 11.0. The molecule has 0 saturated heterocycles. The summed E-state index contributed by atoms with van der Waals surface area (Å²) < 4.78 is 0. The van der Waals surface area contributed by atoms with Gasteiger partial charge in [0.1, 0.15) is 11.3 Å². The average Bonchev–Trinajstić information content (AvgIpc) is 2.69. The van der Waals surface area contributed by atoms with Gasteiger partial charge in [-0.25, -0.2) is 0 Å². The zero-order chi connectivity index (χ0) is 19.7. The van der Waals surface area contributed by atoms with E-state index in [1.54, 1.807) is 24.5 Å². The van der Waals surface area contributed by atoms with Crippen molar-refractivity contribution >= 4 is 39.8 Å². The number of nitrogens with zero attached hydrogens (tertiary/aromatic N) is 2. The minimum absolute atomic E-state index is 0.113. The number of hydrogen-bond donors (Lipinski definition) is 2. The predicted molar refractivity (Wildman–Crippen MR) is 114 cm³/mol. The van der Waals surface area contributed by atoms with Gasteiger partial charge in [-0.15, -0.1) is 0 Å². The van der Waals surface area contributed by atoms with Gasteiger partial charge >= 0.3 is 0 Å². The van der Waals surface area contributed by atoms with Crippen LogP contribution in [0.15, 0.2) is 67.0 Å². The summed E-state index contributed by atoms with van der Waals surface area (Å²) in [5, 5.41) is 16.3. The summed E-state index contributed by atoms with van der Waals surface area (Å²) in [6.07, 6.45) is 3.41. The Morgan fingerprint density at radius 3 is 2.54 bits per heavy atom. The third-order valence-electron chi connectivity index (χ3n) is 4.59. The fourth-order valence-corrected chi connectivity index (χ4v) is 3.67.